The van der Waals surface area contributed by atoms with Gasteiger partial charge in [-0.15, -0.1) is 0 Å². The summed E-state index contributed by atoms with van der Waals surface area (Å²) in [4.78, 5) is 12.1. The van der Waals surface area contributed by atoms with Gasteiger partial charge >= 0.3 is 0 Å². The number of carbonyl (C=O) groups excluding carboxylic acids is 1. The molecule has 0 fully saturated rings. The fourth-order valence-corrected chi connectivity index (χ4v) is 5.56. The van der Waals surface area contributed by atoms with Crippen LogP contribution < -0.4 is 19.1 Å². The quantitative estimate of drug-likeness (QED) is 0.426. The SMILES string of the molecule is COc1ccc(S(=O)(=O)NCCC(=O)Nc2cccc(C)c2)cc1N(C)S(=O)(=O)c1ccccc1. The molecular formula is C24H27N3O6S2. The van der Waals surface area contributed by atoms with Crippen molar-refractivity contribution in [2.24, 2.45) is 0 Å². The van der Waals surface area contributed by atoms with Crippen LogP contribution in [-0.4, -0.2) is 43.4 Å². The number of ether oxygens (including phenoxy) is 1. The Morgan fingerprint density at radius 1 is 0.914 bits per heavy atom. The Hall–Kier alpha value is -3.41. The molecule has 0 atom stereocenters. The van der Waals surface area contributed by atoms with Gasteiger partial charge < -0.3 is 10.1 Å². The lowest BCUT2D eigenvalue weighted by molar-refractivity contribution is -0.116. The number of hydrogen-bond acceptors (Lipinski definition) is 6. The molecule has 0 radical (unpaired) electrons. The lowest BCUT2D eigenvalue weighted by Gasteiger charge is -2.22. The van der Waals surface area contributed by atoms with Gasteiger partial charge in [-0.1, -0.05) is 30.3 Å². The van der Waals surface area contributed by atoms with E-state index in [2.05, 4.69) is 10.0 Å². The molecule has 0 saturated heterocycles. The van der Waals surface area contributed by atoms with Crippen LogP contribution in [0.4, 0.5) is 11.4 Å². The van der Waals surface area contributed by atoms with Gasteiger partial charge in [-0.05, 0) is 55.0 Å². The first-order chi connectivity index (χ1) is 16.5. The molecule has 35 heavy (non-hydrogen) atoms. The summed E-state index contributed by atoms with van der Waals surface area (Å²) >= 11 is 0. The van der Waals surface area contributed by atoms with Crippen molar-refractivity contribution >= 4 is 37.3 Å². The summed E-state index contributed by atoms with van der Waals surface area (Å²) in [7, 11) is -5.32. The summed E-state index contributed by atoms with van der Waals surface area (Å²) in [5.74, 6) is -0.161. The largest absolute Gasteiger partial charge is 0.495 e. The van der Waals surface area contributed by atoms with Crippen molar-refractivity contribution in [2.45, 2.75) is 23.1 Å². The van der Waals surface area contributed by atoms with E-state index >= 15 is 0 Å². The predicted molar refractivity (Wildman–Crippen MR) is 135 cm³/mol. The van der Waals surface area contributed by atoms with E-state index < -0.39 is 20.0 Å². The third-order valence-corrected chi connectivity index (χ3v) is 8.39. The summed E-state index contributed by atoms with van der Waals surface area (Å²) in [5, 5.41) is 2.72. The van der Waals surface area contributed by atoms with E-state index in [1.165, 1.54) is 44.5 Å². The van der Waals surface area contributed by atoms with Gasteiger partial charge in [0, 0.05) is 25.7 Å². The van der Waals surface area contributed by atoms with Gasteiger partial charge in [0.05, 0.1) is 22.6 Å². The second-order valence-corrected chi connectivity index (χ2v) is 11.4. The zero-order valence-electron chi connectivity index (χ0n) is 19.6. The molecular weight excluding hydrogens is 490 g/mol. The minimum absolute atomic E-state index is 0.0514. The number of nitrogens with zero attached hydrogens (tertiary/aromatic N) is 1. The molecule has 3 aromatic carbocycles. The van der Waals surface area contributed by atoms with E-state index in [-0.39, 0.29) is 40.1 Å². The Labute approximate surface area is 205 Å². The molecule has 0 aromatic heterocycles. The summed E-state index contributed by atoms with van der Waals surface area (Å²) in [5.41, 5.74) is 1.66. The van der Waals surface area contributed by atoms with Crippen LogP contribution in [0.5, 0.6) is 5.75 Å². The van der Waals surface area contributed by atoms with Crippen LogP contribution in [-0.2, 0) is 24.8 Å². The highest BCUT2D eigenvalue weighted by molar-refractivity contribution is 7.92. The predicted octanol–water partition coefficient (Wildman–Crippen LogP) is 3.14. The maximum absolute atomic E-state index is 13.0. The molecule has 0 aliphatic carbocycles. The monoisotopic (exact) mass is 517 g/mol. The summed E-state index contributed by atoms with van der Waals surface area (Å²) < 4.78 is 60.4. The third kappa shape index (κ3) is 6.38. The highest BCUT2D eigenvalue weighted by Gasteiger charge is 2.26. The number of nitrogens with one attached hydrogen (secondary N) is 2. The van der Waals surface area contributed by atoms with Crippen molar-refractivity contribution in [3.05, 3.63) is 78.4 Å². The number of carbonyl (C=O) groups is 1. The van der Waals surface area contributed by atoms with Crippen molar-refractivity contribution in [1.82, 2.24) is 4.72 Å². The first-order valence-corrected chi connectivity index (χ1v) is 13.5. The van der Waals surface area contributed by atoms with E-state index in [1.54, 1.807) is 30.3 Å². The van der Waals surface area contributed by atoms with E-state index in [0.29, 0.717) is 5.69 Å². The maximum Gasteiger partial charge on any atom is 0.264 e. The van der Waals surface area contributed by atoms with Crippen LogP contribution in [0, 0.1) is 6.92 Å². The van der Waals surface area contributed by atoms with Crippen LogP contribution in [0.1, 0.15) is 12.0 Å². The molecule has 0 unspecified atom stereocenters. The molecule has 186 valence electrons. The lowest BCUT2D eigenvalue weighted by atomic mass is 10.2. The van der Waals surface area contributed by atoms with Crippen molar-refractivity contribution in [3.63, 3.8) is 0 Å². The molecule has 9 nitrogen and oxygen atoms in total. The van der Waals surface area contributed by atoms with Gasteiger partial charge in [0.25, 0.3) is 10.0 Å². The first-order valence-electron chi connectivity index (χ1n) is 10.6. The molecule has 0 heterocycles. The van der Waals surface area contributed by atoms with E-state index in [1.807, 2.05) is 19.1 Å². The standard InChI is InChI=1S/C24H27N3O6S2/c1-18-8-7-9-19(16-18)26-24(28)14-15-25-34(29,30)21-12-13-23(33-3)22(17-21)27(2)35(31,32)20-10-5-4-6-11-20/h4-13,16-17,25H,14-15H2,1-3H3,(H,26,28). The van der Waals surface area contributed by atoms with Gasteiger partial charge in [0.15, 0.2) is 0 Å². The molecule has 3 rings (SSSR count). The number of benzene rings is 3. The number of amides is 1. The fourth-order valence-electron chi connectivity index (χ4n) is 3.29. The molecule has 1 amide bonds. The second-order valence-electron chi connectivity index (χ2n) is 7.68. The molecule has 0 aliphatic rings. The smallest absolute Gasteiger partial charge is 0.264 e. The van der Waals surface area contributed by atoms with E-state index in [4.69, 9.17) is 4.74 Å². The Bertz CT molecular complexity index is 1410. The Balaban J connectivity index is 1.75. The molecule has 3 aromatic rings. The molecule has 2 N–H and O–H groups in total. The van der Waals surface area contributed by atoms with Crippen LogP contribution in [0.25, 0.3) is 0 Å². The van der Waals surface area contributed by atoms with Gasteiger partial charge in [0.1, 0.15) is 5.75 Å². The van der Waals surface area contributed by atoms with Crippen LogP contribution in [0.15, 0.2) is 82.6 Å². The van der Waals surface area contributed by atoms with Crippen LogP contribution >= 0.6 is 0 Å². The van der Waals surface area contributed by atoms with Crippen molar-refractivity contribution in [2.75, 3.05) is 30.3 Å². The number of hydrogen-bond donors (Lipinski definition) is 2. The van der Waals surface area contributed by atoms with E-state index in [0.717, 1.165) is 9.87 Å². The summed E-state index contributed by atoms with van der Waals surface area (Å²) in [6, 6.07) is 18.9. The molecule has 0 spiro atoms. The zero-order chi connectivity index (χ0) is 25.6. The highest BCUT2D eigenvalue weighted by atomic mass is 32.2. The topological polar surface area (TPSA) is 122 Å². The summed E-state index contributed by atoms with van der Waals surface area (Å²) in [6.45, 7) is 1.76. The van der Waals surface area contributed by atoms with Crippen LogP contribution in [0.2, 0.25) is 0 Å². The minimum atomic E-state index is -4.03. The lowest BCUT2D eigenvalue weighted by Crippen LogP contribution is -2.29. The first kappa shape index (κ1) is 26.2. The van der Waals surface area contributed by atoms with Crippen molar-refractivity contribution in [3.8, 4) is 5.75 Å². The summed E-state index contributed by atoms with van der Waals surface area (Å²) in [6.07, 6.45) is -0.0848. The van der Waals surface area contributed by atoms with Crippen molar-refractivity contribution in [1.29, 1.82) is 0 Å². The number of anilines is 2. The average Bonchev–Trinajstić information content (AvgIpc) is 2.83. The van der Waals surface area contributed by atoms with Crippen molar-refractivity contribution < 1.29 is 26.4 Å². The van der Waals surface area contributed by atoms with E-state index in [9.17, 15) is 21.6 Å². The number of rotatable bonds is 10. The molecule has 11 heteroatoms. The van der Waals surface area contributed by atoms with Gasteiger partial charge in [-0.25, -0.2) is 21.6 Å². The Morgan fingerprint density at radius 3 is 2.29 bits per heavy atom. The number of aryl methyl sites for hydroxylation is 1. The molecule has 0 saturated carbocycles. The Kier molecular flexibility index (Phi) is 8.15. The average molecular weight is 518 g/mol. The maximum atomic E-state index is 13.0. The van der Waals surface area contributed by atoms with Gasteiger partial charge in [-0.2, -0.15) is 0 Å². The van der Waals surface area contributed by atoms with Gasteiger partial charge in [-0.3, -0.25) is 9.10 Å². The highest BCUT2D eigenvalue weighted by Crippen LogP contribution is 2.33. The fraction of sp³-hybridized carbons (Fsp3) is 0.208. The molecule has 0 aliphatic heterocycles. The second kappa shape index (κ2) is 10.9. The van der Waals surface area contributed by atoms with Gasteiger partial charge in [0.2, 0.25) is 15.9 Å². The van der Waals surface area contributed by atoms with Crippen LogP contribution in [0.3, 0.4) is 0 Å². The normalized spacial score (nSPS) is 11.6. The Morgan fingerprint density at radius 2 is 1.63 bits per heavy atom. The number of methoxy groups -OCH3 is 1. The molecule has 0 bridgehead atoms. The minimum Gasteiger partial charge on any atom is -0.495 e. The zero-order valence-corrected chi connectivity index (χ0v) is 21.2. The number of sulfonamides is 2. The third-order valence-electron chi connectivity index (χ3n) is 5.15.